The van der Waals surface area contributed by atoms with Gasteiger partial charge in [0.15, 0.2) is 5.65 Å². The average Bonchev–Trinajstić information content (AvgIpc) is 2.91. The first-order chi connectivity index (χ1) is 19.1. The number of ether oxygens (including phenoxy) is 1. The fourth-order valence-corrected chi connectivity index (χ4v) is 5.53. The van der Waals surface area contributed by atoms with Gasteiger partial charge in [-0.2, -0.15) is 4.98 Å². The van der Waals surface area contributed by atoms with Crippen molar-refractivity contribution in [2.75, 3.05) is 45.7 Å². The standard InChI is InChI=1S/C28H34F3N7O2/c1-15(19-6-5-7-20(23(19)29)24(30)31)32-25-22-12-21(27(40-4)36-26(22)34-16(2)33-25)17-8-10-38(11-9-17)28(39)35-18-13-37(3)14-18/h5-7,12,15,17-18,24H,8-11,13-14H2,1-4H3,(H,35,39)(H,32,33,34,36)/t15-/m1/s1. The molecule has 2 fully saturated rings. The minimum atomic E-state index is -2.91. The number of benzene rings is 1. The third-order valence-electron chi connectivity index (χ3n) is 7.71. The second kappa shape index (κ2) is 11.4. The van der Waals surface area contributed by atoms with E-state index in [1.54, 1.807) is 21.0 Å². The number of nitrogens with zero attached hydrogens (tertiary/aromatic N) is 5. The van der Waals surface area contributed by atoms with E-state index in [2.05, 4.69) is 30.5 Å². The lowest BCUT2D eigenvalue weighted by molar-refractivity contribution is 0.139. The first kappa shape index (κ1) is 27.9. The number of halogens is 3. The molecule has 0 saturated carbocycles. The number of fused-ring (bicyclic) bond motifs is 1. The van der Waals surface area contributed by atoms with Crippen LogP contribution < -0.4 is 15.4 Å². The predicted molar refractivity (Wildman–Crippen MR) is 145 cm³/mol. The minimum absolute atomic E-state index is 0.0346. The molecule has 2 aliphatic rings. The molecule has 1 aromatic carbocycles. The molecule has 2 saturated heterocycles. The van der Waals surface area contributed by atoms with Crippen LogP contribution in [-0.2, 0) is 0 Å². The number of amides is 2. The first-order valence-corrected chi connectivity index (χ1v) is 13.4. The molecular weight excluding hydrogens is 523 g/mol. The number of likely N-dealkylation sites (tertiary alicyclic amines) is 2. The maximum absolute atomic E-state index is 14.9. The molecule has 2 aromatic heterocycles. The highest BCUT2D eigenvalue weighted by molar-refractivity contribution is 5.88. The van der Waals surface area contributed by atoms with Crippen LogP contribution in [0.2, 0.25) is 0 Å². The van der Waals surface area contributed by atoms with Crippen molar-refractivity contribution >= 4 is 22.9 Å². The Balaban J connectivity index is 1.38. The summed E-state index contributed by atoms with van der Waals surface area (Å²) in [6, 6.07) is 5.43. The fraction of sp³-hybridized carbons (Fsp3) is 0.500. The van der Waals surface area contributed by atoms with Gasteiger partial charge in [0.2, 0.25) is 5.88 Å². The van der Waals surface area contributed by atoms with Crippen LogP contribution in [-0.4, -0.2) is 77.2 Å². The van der Waals surface area contributed by atoms with Gasteiger partial charge in [0.05, 0.1) is 30.1 Å². The summed E-state index contributed by atoms with van der Waals surface area (Å²) in [5, 5.41) is 6.90. The molecule has 2 N–H and O–H groups in total. The molecule has 0 unspecified atom stereocenters. The quantitative estimate of drug-likeness (QED) is 0.431. The Morgan fingerprint density at radius 1 is 1.12 bits per heavy atom. The Morgan fingerprint density at radius 3 is 2.48 bits per heavy atom. The van der Waals surface area contributed by atoms with Crippen molar-refractivity contribution in [3.63, 3.8) is 0 Å². The summed E-state index contributed by atoms with van der Waals surface area (Å²) in [6.07, 6.45) is -1.44. The number of aryl methyl sites for hydroxylation is 1. The van der Waals surface area contributed by atoms with Gasteiger partial charge in [0.1, 0.15) is 17.5 Å². The molecule has 2 amide bonds. The first-order valence-electron chi connectivity index (χ1n) is 13.4. The average molecular weight is 558 g/mol. The number of hydrogen-bond acceptors (Lipinski definition) is 7. The molecule has 40 heavy (non-hydrogen) atoms. The number of carbonyl (C=O) groups excluding carboxylic acids is 1. The van der Waals surface area contributed by atoms with Gasteiger partial charge < -0.3 is 25.2 Å². The smallest absolute Gasteiger partial charge is 0.317 e. The van der Waals surface area contributed by atoms with E-state index in [-0.39, 0.29) is 23.6 Å². The van der Waals surface area contributed by atoms with Gasteiger partial charge in [-0.25, -0.2) is 27.9 Å². The maximum Gasteiger partial charge on any atom is 0.317 e. The number of methoxy groups -OCH3 is 1. The van der Waals surface area contributed by atoms with Crippen molar-refractivity contribution < 1.29 is 22.7 Å². The van der Waals surface area contributed by atoms with Crippen LogP contribution in [0.4, 0.5) is 23.8 Å². The summed E-state index contributed by atoms with van der Waals surface area (Å²) < 4.78 is 47.1. The van der Waals surface area contributed by atoms with Gasteiger partial charge >= 0.3 is 6.03 Å². The van der Waals surface area contributed by atoms with Gasteiger partial charge in [-0.1, -0.05) is 18.2 Å². The number of pyridine rings is 1. The van der Waals surface area contributed by atoms with Crippen LogP contribution >= 0.6 is 0 Å². The Morgan fingerprint density at radius 2 is 1.82 bits per heavy atom. The zero-order chi connectivity index (χ0) is 28.6. The van der Waals surface area contributed by atoms with Crippen molar-refractivity contribution in [3.05, 3.63) is 52.6 Å². The SMILES string of the molecule is COc1nc2nc(C)nc(N[C@H](C)c3cccc(C(F)F)c3F)c2cc1C1CCN(C(=O)NC2CN(C)C2)CC1. The molecule has 0 bridgehead atoms. The largest absolute Gasteiger partial charge is 0.481 e. The van der Waals surface area contributed by atoms with Crippen molar-refractivity contribution in [2.24, 2.45) is 0 Å². The summed E-state index contributed by atoms with van der Waals surface area (Å²) in [5.74, 6) is 0.491. The van der Waals surface area contributed by atoms with E-state index in [0.717, 1.165) is 37.6 Å². The van der Waals surface area contributed by atoms with Crippen molar-refractivity contribution in [2.45, 2.75) is 51.1 Å². The number of alkyl halides is 2. The third kappa shape index (κ3) is 5.63. The summed E-state index contributed by atoms with van der Waals surface area (Å²) in [7, 11) is 3.58. The zero-order valence-corrected chi connectivity index (χ0v) is 23.0. The predicted octanol–water partition coefficient (Wildman–Crippen LogP) is 4.79. The van der Waals surface area contributed by atoms with Gasteiger partial charge in [-0.3, -0.25) is 0 Å². The Bertz CT molecular complexity index is 1390. The highest BCUT2D eigenvalue weighted by Gasteiger charge is 2.31. The summed E-state index contributed by atoms with van der Waals surface area (Å²) in [6.45, 7) is 6.35. The minimum Gasteiger partial charge on any atom is -0.481 e. The molecule has 0 spiro atoms. The molecule has 9 nitrogen and oxygen atoms in total. The van der Waals surface area contributed by atoms with Crippen LogP contribution in [0.1, 0.15) is 60.7 Å². The topological polar surface area (TPSA) is 95.5 Å². The number of urea groups is 1. The number of piperidine rings is 1. The van der Waals surface area contributed by atoms with Gasteiger partial charge in [0, 0.05) is 37.3 Å². The van der Waals surface area contributed by atoms with Crippen LogP contribution in [0.3, 0.4) is 0 Å². The van der Waals surface area contributed by atoms with E-state index >= 15 is 0 Å². The molecule has 4 heterocycles. The number of nitrogens with one attached hydrogen (secondary N) is 2. The molecule has 214 valence electrons. The Hall–Kier alpha value is -3.67. The summed E-state index contributed by atoms with van der Waals surface area (Å²) >= 11 is 0. The molecular formula is C28H34F3N7O2. The van der Waals surface area contributed by atoms with Gasteiger partial charge in [0.25, 0.3) is 6.43 Å². The third-order valence-corrected chi connectivity index (χ3v) is 7.71. The molecule has 0 aliphatic carbocycles. The monoisotopic (exact) mass is 557 g/mol. The van der Waals surface area contributed by atoms with Gasteiger partial charge in [-0.05, 0) is 45.7 Å². The van der Waals surface area contributed by atoms with E-state index < -0.39 is 23.8 Å². The highest BCUT2D eigenvalue weighted by atomic mass is 19.3. The lowest BCUT2D eigenvalue weighted by Crippen LogP contribution is -2.60. The number of rotatable bonds is 7. The van der Waals surface area contributed by atoms with E-state index in [9.17, 15) is 18.0 Å². The highest BCUT2D eigenvalue weighted by Crippen LogP contribution is 2.37. The second-order valence-electron chi connectivity index (χ2n) is 10.6. The molecule has 1 atom stereocenters. The van der Waals surface area contributed by atoms with E-state index in [0.29, 0.717) is 41.6 Å². The normalized spacial score (nSPS) is 17.6. The molecule has 5 rings (SSSR count). The van der Waals surface area contributed by atoms with E-state index in [1.807, 2.05) is 18.0 Å². The number of hydrogen-bond donors (Lipinski definition) is 2. The fourth-order valence-electron chi connectivity index (χ4n) is 5.53. The second-order valence-corrected chi connectivity index (χ2v) is 10.6. The lowest BCUT2D eigenvalue weighted by Gasteiger charge is -2.39. The molecule has 3 aromatic rings. The van der Waals surface area contributed by atoms with Gasteiger partial charge in [-0.15, -0.1) is 0 Å². The Kier molecular flexibility index (Phi) is 7.97. The van der Waals surface area contributed by atoms with Crippen LogP contribution in [0.5, 0.6) is 5.88 Å². The summed E-state index contributed by atoms with van der Waals surface area (Å²) in [4.78, 5) is 30.4. The Labute approximate surface area is 231 Å². The maximum atomic E-state index is 14.9. The number of likely N-dealkylation sites (N-methyl/N-ethyl adjacent to an activating group) is 1. The van der Waals surface area contributed by atoms with Crippen LogP contribution in [0.25, 0.3) is 11.0 Å². The van der Waals surface area contributed by atoms with E-state index in [4.69, 9.17) is 4.74 Å². The van der Waals surface area contributed by atoms with Crippen molar-refractivity contribution in [1.82, 2.24) is 30.1 Å². The van der Waals surface area contributed by atoms with Crippen LogP contribution in [0, 0.1) is 12.7 Å². The van der Waals surface area contributed by atoms with E-state index in [1.165, 1.54) is 12.1 Å². The van der Waals surface area contributed by atoms with Crippen molar-refractivity contribution in [3.8, 4) is 5.88 Å². The zero-order valence-electron chi connectivity index (χ0n) is 23.0. The van der Waals surface area contributed by atoms with Crippen LogP contribution in [0.15, 0.2) is 24.3 Å². The molecule has 2 aliphatic heterocycles. The van der Waals surface area contributed by atoms with Crippen molar-refractivity contribution in [1.29, 1.82) is 0 Å². The number of aromatic nitrogens is 3. The molecule has 0 radical (unpaired) electrons. The number of carbonyl (C=O) groups is 1. The lowest BCUT2D eigenvalue weighted by atomic mass is 9.89. The summed E-state index contributed by atoms with van der Waals surface area (Å²) in [5.41, 5.74) is 0.767. The molecule has 12 heteroatoms. The number of anilines is 1.